The number of hydrogen-bond acceptors (Lipinski definition) is 3. The van der Waals surface area contributed by atoms with Crippen molar-refractivity contribution in [3.63, 3.8) is 0 Å². The highest BCUT2D eigenvalue weighted by atomic mass is 32.2. The summed E-state index contributed by atoms with van der Waals surface area (Å²) in [5.41, 5.74) is 0. The summed E-state index contributed by atoms with van der Waals surface area (Å²) in [7, 11) is 0.483. The van der Waals surface area contributed by atoms with E-state index < -0.39 is 10.1 Å². The smallest absolute Gasteiger partial charge is 0.264 e. The van der Waals surface area contributed by atoms with E-state index in [9.17, 15) is 13.2 Å². The lowest BCUT2D eigenvalue weighted by atomic mass is 10.2. The fraction of sp³-hybridized carbons (Fsp3) is 0.786. The predicted molar refractivity (Wildman–Crippen MR) is 84.5 cm³/mol. The predicted octanol–water partition coefficient (Wildman–Crippen LogP) is 1.20. The van der Waals surface area contributed by atoms with Crippen LogP contribution in [0.1, 0.15) is 32.1 Å². The molecule has 0 atom stereocenters. The molecular formula is C14H29N2O4S+. The highest BCUT2D eigenvalue weighted by Crippen LogP contribution is 2.07. The fourth-order valence-electron chi connectivity index (χ4n) is 2.08. The lowest BCUT2D eigenvalue weighted by molar-refractivity contribution is -0.890. The molecule has 0 saturated heterocycles. The molecule has 0 aromatic carbocycles. The summed E-state index contributed by atoms with van der Waals surface area (Å²) < 4.78 is 30.6. The van der Waals surface area contributed by atoms with E-state index in [0.29, 0.717) is 13.0 Å². The molecule has 0 aromatic heterocycles. The molecule has 0 heterocycles. The SMILES string of the molecule is C=CC(=O)NCCC[N+](C)(C)CCCCCCS(=O)(=O)O. The molecule has 0 fully saturated rings. The molecular weight excluding hydrogens is 292 g/mol. The first-order valence-corrected chi connectivity index (χ1v) is 8.95. The third kappa shape index (κ3) is 13.8. The standard InChI is InChI=1S/C14H28N2O4S/c1-4-14(17)15-10-9-12-16(2,3)11-7-5-6-8-13-21(18,19)20/h4H,1,5-13H2,2-3H3,(H-,15,17,18,19,20)/p+1. The average molecular weight is 321 g/mol. The Balaban J connectivity index is 3.63. The Morgan fingerprint density at radius 1 is 1.14 bits per heavy atom. The lowest BCUT2D eigenvalue weighted by Gasteiger charge is -2.30. The van der Waals surface area contributed by atoms with Crippen molar-refractivity contribution in [3.05, 3.63) is 12.7 Å². The van der Waals surface area contributed by atoms with Gasteiger partial charge in [0.05, 0.1) is 32.9 Å². The lowest BCUT2D eigenvalue weighted by Crippen LogP contribution is -2.42. The summed E-state index contributed by atoms with van der Waals surface area (Å²) in [6, 6.07) is 0. The number of unbranched alkanes of at least 4 members (excludes halogenated alkanes) is 3. The van der Waals surface area contributed by atoms with Crippen LogP contribution in [0, 0.1) is 0 Å². The van der Waals surface area contributed by atoms with Gasteiger partial charge in [-0.15, -0.1) is 0 Å². The largest absolute Gasteiger partial charge is 0.352 e. The van der Waals surface area contributed by atoms with Gasteiger partial charge in [-0.3, -0.25) is 9.35 Å². The number of hydrogen-bond donors (Lipinski definition) is 2. The summed E-state index contributed by atoms with van der Waals surface area (Å²) in [6.45, 7) is 6.04. The van der Waals surface area contributed by atoms with Crippen LogP contribution in [0.4, 0.5) is 0 Å². The van der Waals surface area contributed by atoms with E-state index in [-0.39, 0.29) is 11.7 Å². The van der Waals surface area contributed by atoms with E-state index in [4.69, 9.17) is 4.55 Å². The number of nitrogens with zero attached hydrogens (tertiary/aromatic N) is 1. The minimum atomic E-state index is -3.81. The normalized spacial score (nSPS) is 12.1. The van der Waals surface area contributed by atoms with Crippen molar-refractivity contribution in [2.45, 2.75) is 32.1 Å². The van der Waals surface area contributed by atoms with Crippen molar-refractivity contribution in [2.75, 3.05) is 39.5 Å². The van der Waals surface area contributed by atoms with Gasteiger partial charge in [-0.05, 0) is 25.3 Å². The number of carbonyl (C=O) groups is 1. The molecule has 0 aliphatic heterocycles. The maximum Gasteiger partial charge on any atom is 0.264 e. The number of amides is 1. The zero-order valence-corrected chi connectivity index (χ0v) is 14.0. The van der Waals surface area contributed by atoms with Gasteiger partial charge >= 0.3 is 0 Å². The number of nitrogens with one attached hydrogen (secondary N) is 1. The van der Waals surface area contributed by atoms with Crippen molar-refractivity contribution in [1.82, 2.24) is 5.32 Å². The van der Waals surface area contributed by atoms with Crippen molar-refractivity contribution in [3.8, 4) is 0 Å². The molecule has 6 nitrogen and oxygen atoms in total. The van der Waals surface area contributed by atoms with E-state index in [2.05, 4.69) is 26.0 Å². The maximum atomic E-state index is 11.0. The Labute approximate surface area is 128 Å². The Morgan fingerprint density at radius 3 is 2.29 bits per heavy atom. The van der Waals surface area contributed by atoms with Gasteiger partial charge in [0.15, 0.2) is 0 Å². The van der Waals surface area contributed by atoms with Gasteiger partial charge in [0.1, 0.15) is 0 Å². The first kappa shape index (κ1) is 20.1. The molecule has 7 heteroatoms. The van der Waals surface area contributed by atoms with Gasteiger partial charge in [-0.2, -0.15) is 8.42 Å². The monoisotopic (exact) mass is 321 g/mol. The Bertz CT molecular complexity index is 419. The summed E-state index contributed by atoms with van der Waals surface area (Å²) >= 11 is 0. The number of quaternary nitrogens is 1. The van der Waals surface area contributed by atoms with E-state index in [0.717, 1.165) is 43.3 Å². The zero-order chi connectivity index (χ0) is 16.4. The molecule has 0 aliphatic rings. The second-order valence-corrected chi connectivity index (χ2v) is 7.50. The minimum absolute atomic E-state index is 0.140. The maximum absolute atomic E-state index is 11.0. The molecule has 0 unspecified atom stereocenters. The van der Waals surface area contributed by atoms with E-state index in [1.54, 1.807) is 0 Å². The second kappa shape index (κ2) is 9.92. The van der Waals surface area contributed by atoms with Crippen LogP contribution in [0.2, 0.25) is 0 Å². The molecule has 0 aromatic rings. The van der Waals surface area contributed by atoms with E-state index >= 15 is 0 Å². The van der Waals surface area contributed by atoms with Crippen LogP contribution >= 0.6 is 0 Å². The summed E-state index contributed by atoms with van der Waals surface area (Å²) in [5.74, 6) is -0.284. The molecule has 0 rings (SSSR count). The third-order valence-corrected chi connectivity index (χ3v) is 4.15. The molecule has 0 spiro atoms. The van der Waals surface area contributed by atoms with Crippen LogP contribution in [-0.2, 0) is 14.9 Å². The number of rotatable bonds is 12. The average Bonchev–Trinajstić information content (AvgIpc) is 2.37. The molecule has 0 saturated carbocycles. The highest BCUT2D eigenvalue weighted by molar-refractivity contribution is 7.85. The molecule has 124 valence electrons. The van der Waals surface area contributed by atoms with Gasteiger partial charge in [0.25, 0.3) is 10.1 Å². The summed E-state index contributed by atoms with van der Waals surface area (Å²) in [6.07, 6.45) is 5.50. The molecule has 21 heavy (non-hydrogen) atoms. The first-order valence-electron chi connectivity index (χ1n) is 7.34. The third-order valence-electron chi connectivity index (χ3n) is 3.34. The van der Waals surface area contributed by atoms with Gasteiger partial charge in [0.2, 0.25) is 5.91 Å². The summed E-state index contributed by atoms with van der Waals surface area (Å²) in [5, 5.41) is 2.76. The van der Waals surface area contributed by atoms with Crippen LogP contribution in [0.25, 0.3) is 0 Å². The Morgan fingerprint density at radius 2 is 1.71 bits per heavy atom. The van der Waals surface area contributed by atoms with Crippen molar-refractivity contribution >= 4 is 16.0 Å². The van der Waals surface area contributed by atoms with Crippen LogP contribution in [0.3, 0.4) is 0 Å². The quantitative estimate of drug-likeness (QED) is 0.245. The second-order valence-electron chi connectivity index (χ2n) is 5.93. The van der Waals surface area contributed by atoms with Gasteiger partial charge < -0.3 is 9.80 Å². The van der Waals surface area contributed by atoms with Crippen molar-refractivity contribution in [2.24, 2.45) is 0 Å². The van der Waals surface area contributed by atoms with Gasteiger partial charge in [-0.25, -0.2) is 0 Å². The fourth-order valence-corrected chi connectivity index (χ4v) is 2.65. The van der Waals surface area contributed by atoms with Crippen molar-refractivity contribution < 1.29 is 22.2 Å². The van der Waals surface area contributed by atoms with Crippen LogP contribution in [0.5, 0.6) is 0 Å². The van der Waals surface area contributed by atoms with E-state index in [1.165, 1.54) is 6.08 Å². The highest BCUT2D eigenvalue weighted by Gasteiger charge is 2.14. The molecule has 0 radical (unpaired) electrons. The zero-order valence-electron chi connectivity index (χ0n) is 13.2. The summed E-state index contributed by atoms with van der Waals surface area (Å²) in [4.78, 5) is 11.0. The van der Waals surface area contributed by atoms with Crippen molar-refractivity contribution in [1.29, 1.82) is 0 Å². The number of carbonyl (C=O) groups excluding carboxylic acids is 1. The van der Waals surface area contributed by atoms with E-state index in [1.807, 2.05) is 0 Å². The Hall–Kier alpha value is -0.920. The minimum Gasteiger partial charge on any atom is -0.352 e. The van der Waals surface area contributed by atoms with Crippen LogP contribution in [0.15, 0.2) is 12.7 Å². The molecule has 2 N–H and O–H groups in total. The van der Waals surface area contributed by atoms with Gasteiger partial charge in [-0.1, -0.05) is 13.0 Å². The first-order chi connectivity index (χ1) is 9.66. The Kier molecular flexibility index (Phi) is 9.48. The molecule has 0 bridgehead atoms. The van der Waals surface area contributed by atoms with Crippen LogP contribution < -0.4 is 5.32 Å². The van der Waals surface area contributed by atoms with Crippen LogP contribution in [-0.4, -0.2) is 62.8 Å². The van der Waals surface area contributed by atoms with Gasteiger partial charge in [0, 0.05) is 13.0 Å². The molecule has 0 aliphatic carbocycles. The topological polar surface area (TPSA) is 83.5 Å². The molecule has 1 amide bonds.